The highest BCUT2D eigenvalue weighted by Gasteiger charge is 2.24. The second-order valence-corrected chi connectivity index (χ2v) is 5.18. The van der Waals surface area contributed by atoms with Gasteiger partial charge in [0.05, 0.1) is 5.69 Å². The first-order valence-corrected chi connectivity index (χ1v) is 6.75. The van der Waals surface area contributed by atoms with Crippen LogP contribution >= 0.6 is 0 Å². The number of carboxylic acid groups (broad SMARTS) is 1. The van der Waals surface area contributed by atoms with Crippen LogP contribution in [0.25, 0.3) is 5.52 Å². The smallest absolute Gasteiger partial charge is 0.326 e. The van der Waals surface area contributed by atoms with Crippen LogP contribution in [-0.4, -0.2) is 38.8 Å². The second-order valence-electron chi connectivity index (χ2n) is 5.18. The normalized spacial score (nSPS) is 12.8. The lowest BCUT2D eigenvalue weighted by Gasteiger charge is -2.25. The van der Waals surface area contributed by atoms with Gasteiger partial charge >= 0.3 is 5.97 Å². The Bertz CT molecular complexity index is 621. The van der Waals surface area contributed by atoms with E-state index in [9.17, 15) is 9.90 Å². The number of nitrogens with zero attached hydrogens (tertiary/aromatic N) is 4. The van der Waals surface area contributed by atoms with Crippen molar-refractivity contribution < 1.29 is 9.90 Å². The van der Waals surface area contributed by atoms with Crippen molar-refractivity contribution in [2.24, 2.45) is 0 Å². The van der Waals surface area contributed by atoms with E-state index in [1.54, 1.807) is 28.9 Å². The number of anilines is 1. The zero-order valence-corrected chi connectivity index (χ0v) is 12.2. The molecular formula is C14H20N4O2. The van der Waals surface area contributed by atoms with Gasteiger partial charge < -0.3 is 10.0 Å². The molecular weight excluding hydrogens is 256 g/mol. The van der Waals surface area contributed by atoms with Gasteiger partial charge in [-0.2, -0.15) is 5.10 Å². The molecule has 0 amide bonds. The van der Waals surface area contributed by atoms with E-state index in [0.29, 0.717) is 18.2 Å². The minimum atomic E-state index is -0.845. The average Bonchev–Trinajstić information content (AvgIpc) is 2.82. The highest BCUT2D eigenvalue weighted by atomic mass is 16.4. The van der Waals surface area contributed by atoms with E-state index >= 15 is 0 Å². The van der Waals surface area contributed by atoms with Gasteiger partial charge in [-0.3, -0.25) is 0 Å². The van der Waals surface area contributed by atoms with Crippen LogP contribution in [0.4, 0.5) is 5.82 Å². The zero-order chi connectivity index (χ0) is 14.9. The Kier molecular flexibility index (Phi) is 3.92. The van der Waals surface area contributed by atoms with Crippen LogP contribution in [0.15, 0.2) is 18.5 Å². The molecule has 0 fully saturated rings. The molecule has 1 N–H and O–H groups in total. The van der Waals surface area contributed by atoms with Crippen LogP contribution in [0, 0.1) is 0 Å². The van der Waals surface area contributed by atoms with Gasteiger partial charge in [-0.1, -0.05) is 20.8 Å². The van der Waals surface area contributed by atoms with Gasteiger partial charge in [0.1, 0.15) is 11.6 Å². The van der Waals surface area contributed by atoms with Crippen LogP contribution in [0.3, 0.4) is 0 Å². The summed E-state index contributed by atoms with van der Waals surface area (Å²) in [5.41, 5.74) is 1.80. The van der Waals surface area contributed by atoms with Crippen LogP contribution in [-0.2, 0) is 4.79 Å². The molecule has 0 aromatic carbocycles. The summed E-state index contributed by atoms with van der Waals surface area (Å²) in [5.74, 6) is 0.109. The highest BCUT2D eigenvalue weighted by Crippen LogP contribution is 2.23. The maximum Gasteiger partial charge on any atom is 0.326 e. The van der Waals surface area contributed by atoms with Crippen LogP contribution in [0.2, 0.25) is 0 Å². The third kappa shape index (κ3) is 2.45. The molecule has 2 rings (SSSR count). The Balaban J connectivity index is 2.50. The van der Waals surface area contributed by atoms with E-state index in [2.05, 4.69) is 23.9 Å². The Hall–Kier alpha value is -2.11. The number of likely N-dealkylation sites (N-methyl/N-ethyl adjacent to an activating group) is 1. The summed E-state index contributed by atoms with van der Waals surface area (Å²) in [6.45, 7) is 6.00. The first-order chi connectivity index (χ1) is 9.45. The van der Waals surface area contributed by atoms with Crippen molar-refractivity contribution in [1.29, 1.82) is 0 Å². The second kappa shape index (κ2) is 5.48. The number of hydrogen-bond donors (Lipinski definition) is 1. The lowest BCUT2D eigenvalue weighted by Crippen LogP contribution is -2.38. The summed E-state index contributed by atoms with van der Waals surface area (Å²) in [6.07, 6.45) is 3.94. The topological polar surface area (TPSA) is 70.7 Å². The maximum atomic E-state index is 11.3. The largest absolute Gasteiger partial charge is 0.480 e. The van der Waals surface area contributed by atoms with Gasteiger partial charge in [-0.05, 0) is 18.4 Å². The maximum absolute atomic E-state index is 11.3. The predicted molar refractivity (Wildman–Crippen MR) is 77.2 cm³/mol. The molecule has 0 radical (unpaired) electrons. The van der Waals surface area contributed by atoms with Crippen LogP contribution in [0.1, 0.15) is 38.8 Å². The fraction of sp³-hybridized carbons (Fsp3) is 0.500. The molecule has 6 nitrogen and oxygen atoms in total. The number of aromatic nitrogens is 3. The minimum Gasteiger partial charge on any atom is -0.480 e. The first-order valence-electron chi connectivity index (χ1n) is 6.75. The summed E-state index contributed by atoms with van der Waals surface area (Å²) in [7, 11) is 1.76. The Morgan fingerprint density at radius 2 is 2.20 bits per heavy atom. The molecule has 2 aromatic heterocycles. The fourth-order valence-electron chi connectivity index (χ4n) is 2.24. The summed E-state index contributed by atoms with van der Waals surface area (Å²) in [5, 5.41) is 13.8. The molecule has 2 aromatic rings. The van der Waals surface area contributed by atoms with Gasteiger partial charge in [0.2, 0.25) is 0 Å². The van der Waals surface area contributed by atoms with E-state index < -0.39 is 12.0 Å². The van der Waals surface area contributed by atoms with Crippen LogP contribution < -0.4 is 4.90 Å². The van der Waals surface area contributed by atoms with E-state index in [0.717, 1.165) is 11.2 Å². The van der Waals surface area contributed by atoms with E-state index in [1.807, 2.05) is 13.0 Å². The predicted octanol–water partition coefficient (Wildman–Crippen LogP) is 2.15. The Morgan fingerprint density at radius 1 is 1.50 bits per heavy atom. The van der Waals surface area contributed by atoms with Crippen molar-refractivity contribution in [1.82, 2.24) is 14.6 Å². The van der Waals surface area contributed by atoms with Gasteiger partial charge in [0.25, 0.3) is 0 Å². The molecule has 0 spiro atoms. The highest BCUT2D eigenvalue weighted by molar-refractivity contribution is 5.80. The molecule has 0 aliphatic heterocycles. The van der Waals surface area contributed by atoms with Crippen molar-refractivity contribution in [3.8, 4) is 0 Å². The van der Waals surface area contributed by atoms with E-state index in [-0.39, 0.29) is 0 Å². The van der Waals surface area contributed by atoms with Crippen molar-refractivity contribution in [3.63, 3.8) is 0 Å². The molecule has 0 saturated carbocycles. The fourth-order valence-corrected chi connectivity index (χ4v) is 2.24. The lowest BCUT2D eigenvalue weighted by molar-refractivity contribution is -0.138. The lowest BCUT2D eigenvalue weighted by atomic mass is 10.1. The van der Waals surface area contributed by atoms with Crippen molar-refractivity contribution >= 4 is 17.3 Å². The Morgan fingerprint density at radius 3 is 2.75 bits per heavy atom. The van der Waals surface area contributed by atoms with Crippen molar-refractivity contribution in [2.45, 2.75) is 39.2 Å². The molecule has 0 bridgehead atoms. The van der Waals surface area contributed by atoms with Gasteiger partial charge in [-0.15, -0.1) is 0 Å². The van der Waals surface area contributed by atoms with E-state index in [4.69, 9.17) is 0 Å². The molecule has 6 heteroatoms. The zero-order valence-electron chi connectivity index (χ0n) is 12.2. The number of fused-ring (bicyclic) bond motifs is 1. The molecule has 0 saturated heterocycles. The minimum absolute atomic E-state index is 0.314. The number of hydrogen-bond acceptors (Lipinski definition) is 4. The molecule has 108 valence electrons. The average molecular weight is 276 g/mol. The van der Waals surface area contributed by atoms with Gasteiger partial charge in [0.15, 0.2) is 5.82 Å². The summed E-state index contributed by atoms with van der Waals surface area (Å²) >= 11 is 0. The third-order valence-electron chi connectivity index (χ3n) is 3.45. The molecule has 1 atom stereocenters. The number of carboxylic acids is 1. The molecule has 20 heavy (non-hydrogen) atoms. The quantitative estimate of drug-likeness (QED) is 0.906. The van der Waals surface area contributed by atoms with Crippen molar-refractivity contribution in [2.75, 3.05) is 11.9 Å². The monoisotopic (exact) mass is 276 g/mol. The third-order valence-corrected chi connectivity index (χ3v) is 3.45. The number of aliphatic carboxylic acids is 1. The van der Waals surface area contributed by atoms with Crippen molar-refractivity contribution in [3.05, 3.63) is 24.2 Å². The number of rotatable bonds is 5. The molecule has 2 heterocycles. The summed E-state index contributed by atoms with van der Waals surface area (Å²) < 4.78 is 1.75. The van der Waals surface area contributed by atoms with Crippen LogP contribution in [0.5, 0.6) is 0 Å². The van der Waals surface area contributed by atoms with E-state index in [1.165, 1.54) is 0 Å². The summed E-state index contributed by atoms with van der Waals surface area (Å²) in [4.78, 5) is 17.3. The standard InChI is InChI=1S/C14H20N4O2/c1-5-11(14(19)20)17(4)13-12-8-10(9(2)3)16-18(12)7-6-15-13/h6-9,11H,5H2,1-4H3,(H,19,20). The van der Waals surface area contributed by atoms with Gasteiger partial charge in [-0.25, -0.2) is 14.3 Å². The molecule has 0 aliphatic carbocycles. The summed E-state index contributed by atoms with van der Waals surface area (Å²) in [6, 6.07) is 1.38. The Labute approximate surface area is 118 Å². The SMILES string of the molecule is CCC(C(=O)O)N(C)c1nccn2nc(C(C)C)cc12. The molecule has 0 aliphatic rings. The number of carbonyl (C=O) groups is 1. The van der Waals surface area contributed by atoms with Gasteiger partial charge in [0, 0.05) is 19.4 Å². The molecule has 1 unspecified atom stereocenters. The first kappa shape index (κ1) is 14.3.